The van der Waals surface area contributed by atoms with Crippen molar-refractivity contribution in [3.8, 4) is 5.75 Å². The zero-order valence-corrected chi connectivity index (χ0v) is 10.7. The van der Waals surface area contributed by atoms with E-state index in [1.807, 2.05) is 0 Å². The number of methoxy groups -OCH3 is 1. The van der Waals surface area contributed by atoms with Gasteiger partial charge in [0.1, 0.15) is 5.75 Å². The van der Waals surface area contributed by atoms with Crippen LogP contribution < -0.4 is 10.1 Å². The second-order valence-corrected chi connectivity index (χ2v) is 4.84. The van der Waals surface area contributed by atoms with Crippen LogP contribution >= 0.6 is 0 Å². The van der Waals surface area contributed by atoms with Gasteiger partial charge in [-0.15, -0.1) is 0 Å². The van der Waals surface area contributed by atoms with Crippen LogP contribution in [0.25, 0.3) is 0 Å². The molecule has 0 saturated carbocycles. The number of rotatable bonds is 2. The Morgan fingerprint density at radius 3 is 2.81 bits per heavy atom. The summed E-state index contributed by atoms with van der Waals surface area (Å²) in [5, 5.41) is 3.62. The van der Waals surface area contributed by atoms with Crippen molar-refractivity contribution in [2.75, 3.05) is 13.7 Å². The Bertz CT molecular complexity index is 400. The minimum Gasteiger partial charge on any atom is -0.496 e. The van der Waals surface area contributed by atoms with Gasteiger partial charge >= 0.3 is 0 Å². The van der Waals surface area contributed by atoms with Crippen LogP contribution in [0.5, 0.6) is 5.75 Å². The average molecular weight is 219 g/mol. The van der Waals surface area contributed by atoms with Crippen LogP contribution in [0.1, 0.15) is 37.0 Å². The monoisotopic (exact) mass is 219 g/mol. The SMILES string of the molecule is CCC1(C)NCCc2cc(C)c(OC)cc21. The predicted molar refractivity (Wildman–Crippen MR) is 67.1 cm³/mol. The lowest BCUT2D eigenvalue weighted by molar-refractivity contribution is 0.332. The summed E-state index contributed by atoms with van der Waals surface area (Å²) in [5.74, 6) is 1.00. The number of benzene rings is 1. The summed E-state index contributed by atoms with van der Waals surface area (Å²) in [5.41, 5.74) is 4.22. The van der Waals surface area contributed by atoms with E-state index in [1.165, 1.54) is 16.7 Å². The van der Waals surface area contributed by atoms with Crippen molar-refractivity contribution in [3.05, 3.63) is 28.8 Å². The number of hydrogen-bond acceptors (Lipinski definition) is 2. The molecule has 1 N–H and O–H groups in total. The Kier molecular flexibility index (Phi) is 2.94. The van der Waals surface area contributed by atoms with Crippen molar-refractivity contribution >= 4 is 0 Å². The molecule has 0 fully saturated rings. The highest BCUT2D eigenvalue weighted by Crippen LogP contribution is 2.35. The highest BCUT2D eigenvalue weighted by molar-refractivity contribution is 5.46. The van der Waals surface area contributed by atoms with Crippen LogP contribution in [-0.4, -0.2) is 13.7 Å². The van der Waals surface area contributed by atoms with Crippen molar-refractivity contribution in [2.45, 2.75) is 39.2 Å². The first kappa shape index (κ1) is 11.5. The molecule has 88 valence electrons. The molecule has 0 spiro atoms. The van der Waals surface area contributed by atoms with Gasteiger partial charge in [-0.2, -0.15) is 0 Å². The number of fused-ring (bicyclic) bond motifs is 1. The standard InChI is InChI=1S/C14H21NO/c1-5-14(3)12-9-13(16-4)10(2)8-11(12)6-7-15-14/h8-9,15H,5-7H2,1-4H3. The molecule has 0 bridgehead atoms. The van der Waals surface area contributed by atoms with Crippen LogP contribution in [0.15, 0.2) is 12.1 Å². The van der Waals surface area contributed by atoms with E-state index in [1.54, 1.807) is 7.11 Å². The Morgan fingerprint density at radius 2 is 2.19 bits per heavy atom. The van der Waals surface area contributed by atoms with Gasteiger partial charge in [-0.05, 0) is 56.0 Å². The van der Waals surface area contributed by atoms with Crippen molar-refractivity contribution in [2.24, 2.45) is 0 Å². The molecular weight excluding hydrogens is 198 g/mol. The molecular formula is C14H21NO. The van der Waals surface area contributed by atoms with Crippen molar-refractivity contribution in [3.63, 3.8) is 0 Å². The molecule has 16 heavy (non-hydrogen) atoms. The molecule has 2 heteroatoms. The van der Waals surface area contributed by atoms with E-state index in [2.05, 4.69) is 38.2 Å². The average Bonchev–Trinajstić information content (AvgIpc) is 2.29. The fourth-order valence-electron chi connectivity index (χ4n) is 2.57. The van der Waals surface area contributed by atoms with Gasteiger partial charge in [-0.25, -0.2) is 0 Å². The number of aryl methyl sites for hydroxylation is 1. The van der Waals surface area contributed by atoms with E-state index >= 15 is 0 Å². The Balaban J connectivity index is 2.55. The molecule has 0 radical (unpaired) electrons. The highest BCUT2D eigenvalue weighted by Gasteiger charge is 2.30. The van der Waals surface area contributed by atoms with Gasteiger partial charge < -0.3 is 10.1 Å². The van der Waals surface area contributed by atoms with E-state index in [0.29, 0.717) is 0 Å². The Hall–Kier alpha value is -1.02. The third kappa shape index (κ3) is 1.71. The summed E-state index contributed by atoms with van der Waals surface area (Å²) in [4.78, 5) is 0. The summed E-state index contributed by atoms with van der Waals surface area (Å²) >= 11 is 0. The molecule has 1 aliphatic heterocycles. The molecule has 0 saturated heterocycles. The van der Waals surface area contributed by atoms with Gasteiger partial charge in [0.05, 0.1) is 7.11 Å². The van der Waals surface area contributed by atoms with Crippen LogP contribution in [0.4, 0.5) is 0 Å². The molecule has 1 aliphatic rings. The van der Waals surface area contributed by atoms with E-state index in [0.717, 1.165) is 25.1 Å². The van der Waals surface area contributed by atoms with Crippen LogP contribution in [0.3, 0.4) is 0 Å². The lowest BCUT2D eigenvalue weighted by Crippen LogP contribution is -2.44. The molecule has 1 aromatic rings. The Labute approximate surface area is 98.0 Å². The predicted octanol–water partition coefficient (Wildman–Crippen LogP) is 2.77. The maximum absolute atomic E-state index is 5.42. The van der Waals surface area contributed by atoms with Crippen LogP contribution in [-0.2, 0) is 12.0 Å². The number of ether oxygens (including phenoxy) is 1. The lowest BCUT2D eigenvalue weighted by atomic mass is 9.81. The van der Waals surface area contributed by atoms with Gasteiger partial charge in [0.15, 0.2) is 0 Å². The quantitative estimate of drug-likeness (QED) is 0.826. The number of nitrogens with one attached hydrogen (secondary N) is 1. The smallest absolute Gasteiger partial charge is 0.122 e. The summed E-state index contributed by atoms with van der Waals surface area (Å²) in [6.07, 6.45) is 2.22. The second-order valence-electron chi connectivity index (χ2n) is 4.84. The first-order chi connectivity index (χ1) is 7.60. The van der Waals surface area contributed by atoms with E-state index in [9.17, 15) is 0 Å². The minimum absolute atomic E-state index is 0.106. The molecule has 0 aromatic heterocycles. The van der Waals surface area contributed by atoms with Crippen LogP contribution in [0, 0.1) is 6.92 Å². The third-order valence-electron chi connectivity index (χ3n) is 3.83. The van der Waals surface area contributed by atoms with Gasteiger partial charge in [0.25, 0.3) is 0 Å². The van der Waals surface area contributed by atoms with Crippen molar-refractivity contribution in [1.82, 2.24) is 5.32 Å². The third-order valence-corrected chi connectivity index (χ3v) is 3.83. The molecule has 1 heterocycles. The highest BCUT2D eigenvalue weighted by atomic mass is 16.5. The zero-order valence-electron chi connectivity index (χ0n) is 10.7. The van der Waals surface area contributed by atoms with Crippen molar-refractivity contribution in [1.29, 1.82) is 0 Å². The molecule has 2 rings (SSSR count). The largest absolute Gasteiger partial charge is 0.496 e. The topological polar surface area (TPSA) is 21.3 Å². The fraction of sp³-hybridized carbons (Fsp3) is 0.571. The molecule has 1 atom stereocenters. The van der Waals surface area contributed by atoms with Gasteiger partial charge in [-0.3, -0.25) is 0 Å². The first-order valence-electron chi connectivity index (χ1n) is 6.03. The fourth-order valence-corrected chi connectivity index (χ4v) is 2.57. The number of hydrogen-bond donors (Lipinski definition) is 1. The van der Waals surface area contributed by atoms with Crippen LogP contribution in [0.2, 0.25) is 0 Å². The minimum atomic E-state index is 0.106. The van der Waals surface area contributed by atoms with Gasteiger partial charge in [-0.1, -0.05) is 13.0 Å². The van der Waals surface area contributed by atoms with E-state index < -0.39 is 0 Å². The van der Waals surface area contributed by atoms with Gasteiger partial charge in [0.2, 0.25) is 0 Å². The van der Waals surface area contributed by atoms with Crippen molar-refractivity contribution < 1.29 is 4.74 Å². The summed E-state index contributed by atoms with van der Waals surface area (Å²) in [7, 11) is 1.74. The summed E-state index contributed by atoms with van der Waals surface area (Å²) in [6, 6.07) is 4.49. The Morgan fingerprint density at radius 1 is 1.44 bits per heavy atom. The second kappa shape index (κ2) is 4.10. The normalized spacial score (nSPS) is 24.0. The maximum Gasteiger partial charge on any atom is 0.122 e. The maximum atomic E-state index is 5.42. The molecule has 1 unspecified atom stereocenters. The van der Waals surface area contributed by atoms with Gasteiger partial charge in [0, 0.05) is 5.54 Å². The van der Waals surface area contributed by atoms with E-state index in [-0.39, 0.29) is 5.54 Å². The summed E-state index contributed by atoms with van der Waals surface area (Å²) in [6.45, 7) is 7.70. The molecule has 1 aromatic carbocycles. The molecule has 0 amide bonds. The summed E-state index contributed by atoms with van der Waals surface area (Å²) < 4.78 is 5.42. The zero-order chi connectivity index (χ0) is 11.8. The molecule has 0 aliphatic carbocycles. The van der Waals surface area contributed by atoms with E-state index in [4.69, 9.17) is 4.74 Å². The first-order valence-corrected chi connectivity index (χ1v) is 6.03. The lowest BCUT2D eigenvalue weighted by Gasteiger charge is -2.37. The molecule has 2 nitrogen and oxygen atoms in total.